The summed E-state index contributed by atoms with van der Waals surface area (Å²) in [6.45, 7) is 1.40. The summed E-state index contributed by atoms with van der Waals surface area (Å²) in [5.41, 5.74) is -1.57. The number of carboxylic acids is 1. The van der Waals surface area contributed by atoms with Gasteiger partial charge in [0.2, 0.25) is 10.0 Å². The number of sulfonamides is 1. The summed E-state index contributed by atoms with van der Waals surface area (Å²) in [6.07, 6.45) is 1.34. The van der Waals surface area contributed by atoms with Gasteiger partial charge in [-0.3, -0.25) is 4.79 Å². The SMILES string of the molecule is CC1(C(=O)O)CCCCN1S(=O)(=O)c1ccc(Cl)cc1F. The van der Waals surface area contributed by atoms with Crippen molar-refractivity contribution in [2.45, 2.75) is 36.6 Å². The van der Waals surface area contributed by atoms with Crippen LogP contribution in [0, 0.1) is 5.82 Å². The van der Waals surface area contributed by atoms with E-state index >= 15 is 0 Å². The Hall–Kier alpha value is -1.18. The minimum absolute atomic E-state index is 0.0488. The number of halogens is 2. The Bertz CT molecular complexity index is 679. The summed E-state index contributed by atoms with van der Waals surface area (Å²) < 4.78 is 40.0. The number of carboxylic acid groups (broad SMARTS) is 1. The van der Waals surface area contributed by atoms with E-state index in [4.69, 9.17) is 11.6 Å². The van der Waals surface area contributed by atoms with Crippen molar-refractivity contribution in [3.05, 3.63) is 29.0 Å². The summed E-state index contributed by atoms with van der Waals surface area (Å²) >= 11 is 5.62. The Balaban J connectivity index is 2.53. The van der Waals surface area contributed by atoms with E-state index in [-0.39, 0.29) is 18.0 Å². The normalized spacial score (nSPS) is 24.0. The summed E-state index contributed by atoms with van der Waals surface area (Å²) in [6, 6.07) is 3.22. The summed E-state index contributed by atoms with van der Waals surface area (Å²) in [5.74, 6) is -2.22. The fourth-order valence-corrected chi connectivity index (χ4v) is 4.51. The molecule has 0 radical (unpaired) electrons. The first-order valence-electron chi connectivity index (χ1n) is 6.41. The summed E-state index contributed by atoms with van der Waals surface area (Å²) in [4.78, 5) is 10.9. The molecule has 0 spiro atoms. The zero-order chi connectivity index (χ0) is 15.8. The van der Waals surface area contributed by atoms with Gasteiger partial charge in [0, 0.05) is 11.6 Å². The molecule has 0 saturated carbocycles. The molecule has 0 aromatic heterocycles. The van der Waals surface area contributed by atoms with Crippen LogP contribution >= 0.6 is 11.6 Å². The van der Waals surface area contributed by atoms with Crippen LogP contribution in [0.5, 0.6) is 0 Å². The second kappa shape index (κ2) is 5.55. The molecule has 1 saturated heterocycles. The molecule has 5 nitrogen and oxygen atoms in total. The first kappa shape index (κ1) is 16.2. The van der Waals surface area contributed by atoms with Gasteiger partial charge in [0.1, 0.15) is 16.3 Å². The lowest BCUT2D eigenvalue weighted by Gasteiger charge is -2.40. The van der Waals surface area contributed by atoms with E-state index in [1.165, 1.54) is 13.0 Å². The van der Waals surface area contributed by atoms with E-state index in [1.807, 2.05) is 0 Å². The molecule has 1 fully saturated rings. The highest BCUT2D eigenvalue weighted by atomic mass is 35.5. The highest BCUT2D eigenvalue weighted by molar-refractivity contribution is 7.89. The molecule has 0 bridgehead atoms. The van der Waals surface area contributed by atoms with Crippen molar-refractivity contribution < 1.29 is 22.7 Å². The van der Waals surface area contributed by atoms with Crippen LogP contribution in [-0.2, 0) is 14.8 Å². The third kappa shape index (κ3) is 2.77. The first-order chi connectivity index (χ1) is 9.69. The van der Waals surface area contributed by atoms with E-state index in [0.717, 1.165) is 16.4 Å². The number of rotatable bonds is 3. The number of benzene rings is 1. The van der Waals surface area contributed by atoms with E-state index in [2.05, 4.69) is 0 Å². The molecule has 1 aliphatic heterocycles. The number of nitrogens with zero attached hydrogens (tertiary/aromatic N) is 1. The Labute approximate surface area is 127 Å². The standard InChI is InChI=1S/C13H15ClFNO4S/c1-13(12(17)18)6-2-3-7-16(13)21(19,20)11-5-4-9(14)8-10(11)15/h4-5,8H,2-3,6-7H2,1H3,(H,17,18). The van der Waals surface area contributed by atoms with Gasteiger partial charge in [0.05, 0.1) is 0 Å². The number of hydrogen-bond donors (Lipinski definition) is 1. The molecule has 1 N–H and O–H groups in total. The molecule has 2 rings (SSSR count). The van der Waals surface area contributed by atoms with E-state index in [0.29, 0.717) is 12.8 Å². The Morgan fingerprint density at radius 2 is 2.10 bits per heavy atom. The average Bonchev–Trinajstić information content (AvgIpc) is 2.38. The largest absolute Gasteiger partial charge is 0.480 e. The van der Waals surface area contributed by atoms with Gasteiger partial charge in [-0.15, -0.1) is 0 Å². The van der Waals surface area contributed by atoms with Gasteiger partial charge in [-0.05, 0) is 44.4 Å². The lowest BCUT2D eigenvalue weighted by atomic mass is 9.91. The fraction of sp³-hybridized carbons (Fsp3) is 0.462. The highest BCUT2D eigenvalue weighted by Gasteiger charge is 2.48. The molecule has 0 amide bonds. The maximum atomic E-state index is 13.9. The molecule has 1 unspecified atom stereocenters. The minimum Gasteiger partial charge on any atom is -0.480 e. The second-order valence-electron chi connectivity index (χ2n) is 5.19. The predicted octanol–water partition coefficient (Wildman–Crippen LogP) is 2.50. The van der Waals surface area contributed by atoms with Gasteiger partial charge in [-0.1, -0.05) is 11.6 Å². The molecule has 1 atom stereocenters. The topological polar surface area (TPSA) is 74.7 Å². The monoisotopic (exact) mass is 335 g/mol. The van der Waals surface area contributed by atoms with Crippen molar-refractivity contribution in [2.24, 2.45) is 0 Å². The average molecular weight is 336 g/mol. The first-order valence-corrected chi connectivity index (χ1v) is 8.23. The number of piperidine rings is 1. The van der Waals surface area contributed by atoms with Gasteiger partial charge in [-0.2, -0.15) is 4.31 Å². The molecule has 1 aliphatic rings. The molecule has 1 aromatic rings. The van der Waals surface area contributed by atoms with Gasteiger partial charge in [0.15, 0.2) is 0 Å². The highest BCUT2D eigenvalue weighted by Crippen LogP contribution is 2.34. The molecule has 1 aromatic carbocycles. The maximum absolute atomic E-state index is 13.9. The Morgan fingerprint density at radius 1 is 1.43 bits per heavy atom. The van der Waals surface area contributed by atoms with Crippen molar-refractivity contribution in [1.29, 1.82) is 0 Å². The van der Waals surface area contributed by atoms with Crippen LogP contribution in [-0.4, -0.2) is 35.9 Å². The Morgan fingerprint density at radius 3 is 2.67 bits per heavy atom. The van der Waals surface area contributed by atoms with Gasteiger partial charge in [-0.25, -0.2) is 12.8 Å². The zero-order valence-corrected chi connectivity index (χ0v) is 12.9. The quantitative estimate of drug-likeness (QED) is 0.921. The third-order valence-electron chi connectivity index (χ3n) is 3.75. The van der Waals surface area contributed by atoms with Crippen LogP contribution in [0.3, 0.4) is 0 Å². The number of carbonyl (C=O) groups is 1. The Kier molecular flexibility index (Phi) is 4.28. The van der Waals surface area contributed by atoms with Crippen molar-refractivity contribution in [2.75, 3.05) is 6.54 Å². The molecule has 116 valence electrons. The molecule has 0 aliphatic carbocycles. The van der Waals surface area contributed by atoms with Crippen LogP contribution in [0.15, 0.2) is 23.1 Å². The van der Waals surface area contributed by atoms with Crippen LogP contribution in [0.25, 0.3) is 0 Å². The van der Waals surface area contributed by atoms with Crippen LogP contribution in [0.2, 0.25) is 5.02 Å². The van der Waals surface area contributed by atoms with E-state index in [1.54, 1.807) is 0 Å². The van der Waals surface area contributed by atoms with Crippen molar-refractivity contribution >= 4 is 27.6 Å². The fourth-order valence-electron chi connectivity index (χ4n) is 2.50. The van der Waals surface area contributed by atoms with Gasteiger partial charge < -0.3 is 5.11 Å². The van der Waals surface area contributed by atoms with Crippen molar-refractivity contribution in [1.82, 2.24) is 4.31 Å². The summed E-state index contributed by atoms with van der Waals surface area (Å²) in [5, 5.41) is 9.45. The molecule has 21 heavy (non-hydrogen) atoms. The zero-order valence-electron chi connectivity index (χ0n) is 11.3. The number of hydrogen-bond acceptors (Lipinski definition) is 3. The number of aliphatic carboxylic acids is 1. The smallest absolute Gasteiger partial charge is 0.324 e. The van der Waals surface area contributed by atoms with Crippen LogP contribution < -0.4 is 0 Å². The summed E-state index contributed by atoms with van der Waals surface area (Å²) in [7, 11) is -4.24. The van der Waals surface area contributed by atoms with Crippen LogP contribution in [0.4, 0.5) is 4.39 Å². The van der Waals surface area contributed by atoms with Crippen molar-refractivity contribution in [3.8, 4) is 0 Å². The molecular weight excluding hydrogens is 321 g/mol. The molecule has 8 heteroatoms. The van der Waals surface area contributed by atoms with Gasteiger partial charge >= 0.3 is 5.97 Å². The van der Waals surface area contributed by atoms with Gasteiger partial charge in [0.25, 0.3) is 0 Å². The van der Waals surface area contributed by atoms with E-state index in [9.17, 15) is 22.7 Å². The second-order valence-corrected chi connectivity index (χ2v) is 7.46. The van der Waals surface area contributed by atoms with Crippen molar-refractivity contribution in [3.63, 3.8) is 0 Å². The lowest BCUT2D eigenvalue weighted by molar-refractivity contribution is -0.149. The van der Waals surface area contributed by atoms with E-state index < -0.39 is 32.2 Å². The minimum atomic E-state index is -4.24. The predicted molar refractivity (Wildman–Crippen MR) is 75.2 cm³/mol. The third-order valence-corrected chi connectivity index (χ3v) is 6.04. The lowest BCUT2D eigenvalue weighted by Crippen LogP contribution is -2.57. The van der Waals surface area contributed by atoms with Crippen LogP contribution in [0.1, 0.15) is 26.2 Å². The molecule has 1 heterocycles. The molecular formula is C13H15ClFNO4S. The maximum Gasteiger partial charge on any atom is 0.324 e.